The van der Waals surface area contributed by atoms with Crippen LogP contribution in [0.1, 0.15) is 37.5 Å². The first-order chi connectivity index (χ1) is 16.6. The zero-order valence-corrected chi connectivity index (χ0v) is 19.7. The maximum atomic E-state index is 5.57. The number of hydrogen-bond donors (Lipinski definition) is 1. The summed E-state index contributed by atoms with van der Waals surface area (Å²) in [5, 5.41) is 8.27. The Bertz CT molecular complexity index is 1370. The van der Waals surface area contributed by atoms with Crippen LogP contribution in [-0.4, -0.2) is 73.4 Å². The molecule has 6 heterocycles. The second-order valence-corrected chi connectivity index (χ2v) is 10.5. The van der Waals surface area contributed by atoms with E-state index < -0.39 is 0 Å². The second kappa shape index (κ2) is 7.48. The standard InChI is InChI=1S/C25H30N8O/c1-16-28-23-21(33(16)19-4-7-34-8-5-19)9-17(12-26-23)20-3-6-32-22(20)13-27-24(30-32)29-18-10-25(11-18)14-31(2)15-25/h3,6,9,12-13,18-19H,4-5,7-8,10-11,14-15H2,1-2H3,(H,29,30). The summed E-state index contributed by atoms with van der Waals surface area (Å²) in [5.41, 5.74) is 5.54. The summed E-state index contributed by atoms with van der Waals surface area (Å²) in [6.45, 7) is 6.11. The molecule has 34 heavy (non-hydrogen) atoms. The molecule has 9 heteroatoms. The van der Waals surface area contributed by atoms with Gasteiger partial charge in [-0.2, -0.15) is 0 Å². The van der Waals surface area contributed by atoms with Gasteiger partial charge in [0.15, 0.2) is 5.65 Å². The highest BCUT2D eigenvalue weighted by atomic mass is 16.5. The Balaban J connectivity index is 1.16. The highest BCUT2D eigenvalue weighted by molar-refractivity contribution is 5.85. The summed E-state index contributed by atoms with van der Waals surface area (Å²) in [6.07, 6.45) is 10.3. The van der Waals surface area contributed by atoms with Crippen LogP contribution in [0, 0.1) is 12.3 Å². The molecule has 0 radical (unpaired) electrons. The molecule has 1 N–H and O–H groups in total. The molecule has 4 aromatic rings. The van der Waals surface area contributed by atoms with Crippen LogP contribution in [0.5, 0.6) is 0 Å². The largest absolute Gasteiger partial charge is 0.381 e. The summed E-state index contributed by atoms with van der Waals surface area (Å²) in [6, 6.07) is 5.19. The van der Waals surface area contributed by atoms with Crippen LogP contribution in [-0.2, 0) is 4.74 Å². The molecule has 1 saturated carbocycles. The Hall–Kier alpha value is -3.04. The monoisotopic (exact) mass is 458 g/mol. The number of anilines is 1. The number of aryl methyl sites for hydroxylation is 1. The summed E-state index contributed by atoms with van der Waals surface area (Å²) in [7, 11) is 2.19. The molecule has 2 aliphatic heterocycles. The van der Waals surface area contributed by atoms with E-state index in [0.717, 1.165) is 59.7 Å². The van der Waals surface area contributed by atoms with Gasteiger partial charge in [0.25, 0.3) is 0 Å². The summed E-state index contributed by atoms with van der Waals surface area (Å²) >= 11 is 0. The number of nitrogens with zero attached hydrogens (tertiary/aromatic N) is 7. The fourth-order valence-corrected chi connectivity index (χ4v) is 6.48. The second-order valence-electron chi connectivity index (χ2n) is 10.5. The smallest absolute Gasteiger partial charge is 0.241 e. The Labute approximate surface area is 198 Å². The first-order valence-electron chi connectivity index (χ1n) is 12.3. The van der Waals surface area contributed by atoms with Gasteiger partial charge < -0.3 is 19.5 Å². The molecular weight excluding hydrogens is 428 g/mol. The van der Waals surface area contributed by atoms with Gasteiger partial charge >= 0.3 is 0 Å². The average molecular weight is 459 g/mol. The van der Waals surface area contributed by atoms with Crippen LogP contribution in [0.25, 0.3) is 27.8 Å². The third-order valence-corrected chi connectivity index (χ3v) is 7.91. The van der Waals surface area contributed by atoms with Crippen LogP contribution in [0.2, 0.25) is 0 Å². The van der Waals surface area contributed by atoms with E-state index in [-0.39, 0.29) is 0 Å². The van der Waals surface area contributed by atoms with Gasteiger partial charge in [0.05, 0.1) is 17.2 Å². The third-order valence-electron chi connectivity index (χ3n) is 7.91. The van der Waals surface area contributed by atoms with Crippen molar-refractivity contribution in [3.05, 3.63) is 36.5 Å². The zero-order chi connectivity index (χ0) is 22.9. The molecule has 4 aromatic heterocycles. The van der Waals surface area contributed by atoms with Crippen LogP contribution in [0.15, 0.2) is 30.7 Å². The van der Waals surface area contributed by atoms with Gasteiger partial charge in [-0.3, -0.25) is 0 Å². The molecule has 9 nitrogen and oxygen atoms in total. The van der Waals surface area contributed by atoms with Crippen molar-refractivity contribution in [1.29, 1.82) is 0 Å². The van der Waals surface area contributed by atoms with Crippen molar-refractivity contribution in [3.63, 3.8) is 0 Å². The van der Waals surface area contributed by atoms with Crippen molar-refractivity contribution in [2.75, 3.05) is 38.7 Å². The number of ether oxygens (including phenoxy) is 1. The molecule has 0 atom stereocenters. The summed E-state index contributed by atoms with van der Waals surface area (Å²) < 4.78 is 9.84. The fourth-order valence-electron chi connectivity index (χ4n) is 6.48. The molecule has 2 saturated heterocycles. The van der Waals surface area contributed by atoms with Crippen LogP contribution in [0.3, 0.4) is 0 Å². The van der Waals surface area contributed by atoms with E-state index in [1.807, 2.05) is 23.1 Å². The van der Waals surface area contributed by atoms with Crippen molar-refractivity contribution < 1.29 is 4.74 Å². The Kier molecular flexibility index (Phi) is 4.48. The van der Waals surface area contributed by atoms with Gasteiger partial charge in [-0.15, -0.1) is 5.10 Å². The number of likely N-dealkylation sites (tertiary alicyclic amines) is 1. The van der Waals surface area contributed by atoms with E-state index in [9.17, 15) is 0 Å². The lowest BCUT2D eigenvalue weighted by Gasteiger charge is -2.58. The van der Waals surface area contributed by atoms with E-state index >= 15 is 0 Å². The number of rotatable bonds is 4. The van der Waals surface area contributed by atoms with Crippen LogP contribution in [0.4, 0.5) is 5.95 Å². The quantitative estimate of drug-likeness (QED) is 0.502. The molecule has 1 aliphatic carbocycles. The van der Waals surface area contributed by atoms with E-state index in [2.05, 4.69) is 45.9 Å². The number of aromatic nitrogens is 6. The highest BCUT2D eigenvalue weighted by Gasteiger charge is 2.51. The molecule has 0 unspecified atom stereocenters. The van der Waals surface area contributed by atoms with Gasteiger partial charge in [-0.25, -0.2) is 19.5 Å². The minimum absolute atomic E-state index is 0.407. The maximum absolute atomic E-state index is 5.57. The number of fused-ring (bicyclic) bond motifs is 2. The molecule has 176 valence electrons. The lowest BCUT2D eigenvalue weighted by molar-refractivity contribution is -0.0514. The van der Waals surface area contributed by atoms with E-state index in [1.165, 1.54) is 25.9 Å². The summed E-state index contributed by atoms with van der Waals surface area (Å²) in [4.78, 5) is 16.5. The lowest BCUT2D eigenvalue weighted by atomic mass is 9.61. The van der Waals surface area contributed by atoms with Crippen molar-refractivity contribution in [3.8, 4) is 11.1 Å². The predicted molar refractivity (Wildman–Crippen MR) is 130 cm³/mol. The molecule has 0 aromatic carbocycles. The lowest BCUT2D eigenvalue weighted by Crippen LogP contribution is -2.63. The third kappa shape index (κ3) is 3.21. The van der Waals surface area contributed by atoms with Crippen molar-refractivity contribution in [1.82, 2.24) is 34.0 Å². The molecule has 3 fully saturated rings. The first-order valence-corrected chi connectivity index (χ1v) is 12.3. The number of pyridine rings is 1. The van der Waals surface area contributed by atoms with E-state index in [0.29, 0.717) is 23.4 Å². The van der Waals surface area contributed by atoms with Gasteiger partial charge in [-0.05, 0) is 57.2 Å². The molecule has 1 spiro atoms. The van der Waals surface area contributed by atoms with E-state index in [4.69, 9.17) is 19.8 Å². The molecule has 7 rings (SSSR count). The average Bonchev–Trinajstić information content (AvgIpc) is 3.36. The Morgan fingerprint density at radius 3 is 2.71 bits per heavy atom. The van der Waals surface area contributed by atoms with Crippen molar-refractivity contribution in [2.24, 2.45) is 5.41 Å². The maximum Gasteiger partial charge on any atom is 0.241 e. The number of nitrogens with one attached hydrogen (secondary N) is 1. The summed E-state index contributed by atoms with van der Waals surface area (Å²) in [5.74, 6) is 1.71. The number of hydrogen-bond acceptors (Lipinski definition) is 7. The van der Waals surface area contributed by atoms with Gasteiger partial charge in [0.1, 0.15) is 5.82 Å². The van der Waals surface area contributed by atoms with Gasteiger partial charge in [0, 0.05) is 61.9 Å². The van der Waals surface area contributed by atoms with Crippen molar-refractivity contribution >= 4 is 22.6 Å². The predicted octanol–water partition coefficient (Wildman–Crippen LogP) is 3.31. The highest BCUT2D eigenvalue weighted by Crippen LogP contribution is 2.48. The SMILES string of the molecule is Cc1nc2ncc(-c3ccn4nc(NC5CC6(C5)CN(C)C6)ncc34)cc2n1C1CCOCC1. The molecule has 3 aliphatic rings. The molecule has 0 amide bonds. The fraction of sp³-hybridized carbons (Fsp3) is 0.520. The van der Waals surface area contributed by atoms with Crippen LogP contribution >= 0.6 is 0 Å². The minimum Gasteiger partial charge on any atom is -0.381 e. The molecule has 0 bridgehead atoms. The topological polar surface area (TPSA) is 85.4 Å². The first kappa shape index (κ1) is 20.3. The molecular formula is C25H30N8O. The minimum atomic E-state index is 0.407. The normalized spacial score (nSPS) is 21.2. The Morgan fingerprint density at radius 1 is 1.09 bits per heavy atom. The number of imidazole rings is 1. The van der Waals surface area contributed by atoms with Crippen LogP contribution < -0.4 is 5.32 Å². The van der Waals surface area contributed by atoms with E-state index in [1.54, 1.807) is 0 Å². The Morgan fingerprint density at radius 2 is 1.91 bits per heavy atom. The van der Waals surface area contributed by atoms with Gasteiger partial charge in [-0.1, -0.05) is 0 Å². The zero-order valence-electron chi connectivity index (χ0n) is 19.7. The van der Waals surface area contributed by atoms with Crippen molar-refractivity contribution in [2.45, 2.75) is 44.7 Å². The van der Waals surface area contributed by atoms with Gasteiger partial charge in [0.2, 0.25) is 5.95 Å².